The molecular formula is C10H20N2. The average Bonchev–Trinajstić information content (AvgIpc) is 2.64. The Morgan fingerprint density at radius 2 is 1.83 bits per heavy atom. The Balaban J connectivity index is 2.05. The molecule has 1 spiro atoms. The minimum Gasteiger partial charge on any atom is -0.310 e. The quantitative estimate of drug-likeness (QED) is 0.582. The van der Waals surface area contributed by atoms with Crippen molar-refractivity contribution in [1.82, 2.24) is 10.2 Å². The van der Waals surface area contributed by atoms with Crippen LogP contribution in [0.4, 0.5) is 0 Å². The summed E-state index contributed by atoms with van der Waals surface area (Å²) in [4.78, 5) is 2.48. The van der Waals surface area contributed by atoms with Crippen LogP contribution >= 0.6 is 0 Å². The van der Waals surface area contributed by atoms with Crippen LogP contribution in [0.1, 0.15) is 26.7 Å². The maximum atomic E-state index is 3.66. The number of hydrogen-bond acceptors (Lipinski definition) is 2. The van der Waals surface area contributed by atoms with E-state index in [0.717, 1.165) is 0 Å². The van der Waals surface area contributed by atoms with E-state index in [9.17, 15) is 0 Å². The molecule has 0 radical (unpaired) electrons. The maximum absolute atomic E-state index is 3.66. The molecule has 2 aliphatic rings. The van der Waals surface area contributed by atoms with Gasteiger partial charge in [0.2, 0.25) is 0 Å². The van der Waals surface area contributed by atoms with Crippen LogP contribution in [0.3, 0.4) is 0 Å². The van der Waals surface area contributed by atoms with Gasteiger partial charge >= 0.3 is 0 Å². The fourth-order valence-electron chi connectivity index (χ4n) is 2.35. The van der Waals surface area contributed by atoms with E-state index in [4.69, 9.17) is 0 Å². The third kappa shape index (κ3) is 1.64. The molecule has 1 saturated heterocycles. The molecule has 1 aliphatic carbocycles. The molecule has 0 aromatic heterocycles. The van der Waals surface area contributed by atoms with Gasteiger partial charge in [-0.3, -0.25) is 0 Å². The Bertz CT molecular complexity index is 174. The fraction of sp³-hybridized carbons (Fsp3) is 1.00. The minimum atomic E-state index is 0.306. The van der Waals surface area contributed by atoms with E-state index in [1.165, 1.54) is 32.5 Å². The molecule has 2 heteroatoms. The Hall–Kier alpha value is -0.0800. The van der Waals surface area contributed by atoms with Gasteiger partial charge in [-0.15, -0.1) is 0 Å². The molecule has 0 bridgehead atoms. The van der Waals surface area contributed by atoms with Crippen LogP contribution in [-0.2, 0) is 0 Å². The first-order chi connectivity index (χ1) is 5.52. The van der Waals surface area contributed by atoms with E-state index >= 15 is 0 Å². The number of rotatable bonds is 0. The second kappa shape index (κ2) is 2.46. The minimum absolute atomic E-state index is 0.306. The smallest absolute Gasteiger partial charge is 0.0252 e. The van der Waals surface area contributed by atoms with Gasteiger partial charge in [-0.05, 0) is 39.2 Å². The molecule has 0 unspecified atom stereocenters. The number of likely N-dealkylation sites (N-methyl/N-ethyl adjacent to an activating group) is 1. The van der Waals surface area contributed by atoms with Crippen LogP contribution in [0.5, 0.6) is 0 Å². The van der Waals surface area contributed by atoms with Crippen LogP contribution in [0, 0.1) is 5.41 Å². The van der Waals surface area contributed by atoms with Gasteiger partial charge in [-0.1, -0.05) is 0 Å². The molecule has 0 atom stereocenters. The van der Waals surface area contributed by atoms with Crippen LogP contribution < -0.4 is 5.32 Å². The summed E-state index contributed by atoms with van der Waals surface area (Å²) in [6.07, 6.45) is 2.86. The Kier molecular flexibility index (Phi) is 1.74. The number of hydrogen-bond donors (Lipinski definition) is 1. The summed E-state index contributed by atoms with van der Waals surface area (Å²) in [6, 6.07) is 0. The lowest BCUT2D eigenvalue weighted by Gasteiger charge is -2.27. The van der Waals surface area contributed by atoms with Gasteiger partial charge in [0.1, 0.15) is 0 Å². The molecule has 1 aliphatic heterocycles. The fourth-order valence-corrected chi connectivity index (χ4v) is 2.35. The molecule has 2 fully saturated rings. The summed E-state index contributed by atoms with van der Waals surface area (Å²) in [7, 11) is 2.24. The van der Waals surface area contributed by atoms with Crippen LogP contribution in [0.25, 0.3) is 0 Å². The highest BCUT2D eigenvalue weighted by molar-refractivity contribution is 5.01. The van der Waals surface area contributed by atoms with Gasteiger partial charge in [-0.25, -0.2) is 0 Å². The molecule has 70 valence electrons. The monoisotopic (exact) mass is 168 g/mol. The van der Waals surface area contributed by atoms with Crippen molar-refractivity contribution in [1.29, 1.82) is 0 Å². The summed E-state index contributed by atoms with van der Waals surface area (Å²) < 4.78 is 0. The first kappa shape index (κ1) is 8.52. The zero-order chi connectivity index (χ0) is 8.82. The molecule has 12 heavy (non-hydrogen) atoms. The number of nitrogens with one attached hydrogen (secondary N) is 1. The predicted octanol–water partition coefficient (Wildman–Crippen LogP) is 1.08. The molecule has 1 saturated carbocycles. The SMILES string of the molecule is CN1CC2(CC2)CNC(C)(C)C1. The van der Waals surface area contributed by atoms with Gasteiger partial charge in [0.15, 0.2) is 0 Å². The lowest BCUT2D eigenvalue weighted by molar-refractivity contribution is 0.257. The Labute approximate surface area is 75.3 Å². The molecule has 2 rings (SSSR count). The van der Waals surface area contributed by atoms with Crippen molar-refractivity contribution in [2.24, 2.45) is 5.41 Å². The molecule has 0 aromatic carbocycles. The summed E-state index contributed by atoms with van der Waals surface area (Å²) in [5, 5.41) is 3.66. The Morgan fingerprint density at radius 1 is 1.17 bits per heavy atom. The van der Waals surface area contributed by atoms with Crippen molar-refractivity contribution in [3.05, 3.63) is 0 Å². The molecule has 0 aromatic rings. The van der Waals surface area contributed by atoms with Crippen molar-refractivity contribution in [2.75, 3.05) is 26.7 Å². The first-order valence-electron chi connectivity index (χ1n) is 4.95. The zero-order valence-corrected chi connectivity index (χ0v) is 8.48. The Morgan fingerprint density at radius 3 is 2.42 bits per heavy atom. The highest BCUT2D eigenvalue weighted by Crippen LogP contribution is 2.46. The van der Waals surface area contributed by atoms with Crippen molar-refractivity contribution in [3.8, 4) is 0 Å². The standard InChI is InChI=1S/C10H20N2/c1-9(2)7-12(3)8-10(4-5-10)6-11-9/h11H,4-8H2,1-3H3. The first-order valence-corrected chi connectivity index (χ1v) is 4.95. The summed E-state index contributed by atoms with van der Waals surface area (Å²) >= 11 is 0. The van der Waals surface area contributed by atoms with Gasteiger partial charge in [0.05, 0.1) is 0 Å². The van der Waals surface area contributed by atoms with E-state index in [0.29, 0.717) is 11.0 Å². The van der Waals surface area contributed by atoms with E-state index in [1.54, 1.807) is 0 Å². The molecule has 0 amide bonds. The van der Waals surface area contributed by atoms with Gasteiger partial charge < -0.3 is 10.2 Å². The highest BCUT2D eigenvalue weighted by atomic mass is 15.2. The van der Waals surface area contributed by atoms with Gasteiger partial charge in [-0.2, -0.15) is 0 Å². The van der Waals surface area contributed by atoms with Crippen molar-refractivity contribution < 1.29 is 0 Å². The van der Waals surface area contributed by atoms with Crippen molar-refractivity contribution >= 4 is 0 Å². The third-order valence-corrected chi connectivity index (χ3v) is 3.17. The molecule has 1 N–H and O–H groups in total. The van der Waals surface area contributed by atoms with E-state index in [-0.39, 0.29) is 0 Å². The summed E-state index contributed by atoms with van der Waals surface area (Å²) in [6.45, 7) is 8.29. The van der Waals surface area contributed by atoms with Gasteiger partial charge in [0, 0.05) is 25.2 Å². The van der Waals surface area contributed by atoms with E-state index in [2.05, 4.69) is 31.1 Å². The van der Waals surface area contributed by atoms with Gasteiger partial charge in [0.25, 0.3) is 0 Å². The molecule has 2 nitrogen and oxygen atoms in total. The van der Waals surface area contributed by atoms with Crippen molar-refractivity contribution in [3.63, 3.8) is 0 Å². The maximum Gasteiger partial charge on any atom is 0.0252 e. The lowest BCUT2D eigenvalue weighted by atomic mass is 10.1. The van der Waals surface area contributed by atoms with Crippen LogP contribution in [0.15, 0.2) is 0 Å². The second-order valence-electron chi connectivity index (χ2n) is 5.41. The number of nitrogens with zero attached hydrogens (tertiary/aromatic N) is 1. The zero-order valence-electron chi connectivity index (χ0n) is 8.48. The third-order valence-electron chi connectivity index (χ3n) is 3.17. The average molecular weight is 168 g/mol. The normalized spacial score (nSPS) is 33.2. The van der Waals surface area contributed by atoms with Crippen molar-refractivity contribution in [2.45, 2.75) is 32.2 Å². The largest absolute Gasteiger partial charge is 0.310 e. The second-order valence-corrected chi connectivity index (χ2v) is 5.41. The van der Waals surface area contributed by atoms with Crippen LogP contribution in [0.2, 0.25) is 0 Å². The predicted molar refractivity (Wildman–Crippen MR) is 51.2 cm³/mol. The van der Waals surface area contributed by atoms with E-state index in [1.807, 2.05) is 0 Å². The van der Waals surface area contributed by atoms with E-state index < -0.39 is 0 Å². The summed E-state index contributed by atoms with van der Waals surface area (Å²) in [5.41, 5.74) is 0.962. The lowest BCUT2D eigenvalue weighted by Crippen LogP contribution is -2.45. The molecular weight excluding hydrogens is 148 g/mol. The molecule has 1 heterocycles. The highest BCUT2D eigenvalue weighted by Gasteiger charge is 2.46. The topological polar surface area (TPSA) is 15.3 Å². The van der Waals surface area contributed by atoms with Crippen LogP contribution in [-0.4, -0.2) is 37.1 Å². The summed E-state index contributed by atoms with van der Waals surface area (Å²) in [5.74, 6) is 0.